The van der Waals surface area contributed by atoms with Gasteiger partial charge < -0.3 is 16.0 Å². The maximum absolute atomic E-state index is 11.6. The number of nitrogens with one attached hydrogen (secondary N) is 3. The van der Waals surface area contributed by atoms with Crippen LogP contribution in [0.2, 0.25) is 0 Å². The third kappa shape index (κ3) is 5.94. The molecule has 3 N–H and O–H groups in total. The van der Waals surface area contributed by atoms with E-state index < -0.39 is 0 Å². The highest BCUT2D eigenvalue weighted by atomic mass is 16.2. The summed E-state index contributed by atoms with van der Waals surface area (Å²) in [6.45, 7) is 5.67. The Bertz CT molecular complexity index is 299. The lowest BCUT2D eigenvalue weighted by Crippen LogP contribution is -2.42. The van der Waals surface area contributed by atoms with Gasteiger partial charge in [0.15, 0.2) is 0 Å². The Morgan fingerprint density at radius 1 is 1.05 bits per heavy atom. The fourth-order valence-corrected chi connectivity index (χ4v) is 2.67. The van der Waals surface area contributed by atoms with Crippen LogP contribution >= 0.6 is 0 Å². The van der Waals surface area contributed by atoms with E-state index in [0.717, 1.165) is 19.4 Å². The molecule has 0 aliphatic heterocycles. The Hall–Kier alpha value is -1.26. The number of carbonyl (C=O) groups excluding carboxylic acids is 2. The highest BCUT2D eigenvalue weighted by Gasteiger charge is 2.31. The van der Waals surface area contributed by atoms with E-state index in [9.17, 15) is 9.59 Å². The number of carbonyl (C=O) groups is 2. The van der Waals surface area contributed by atoms with E-state index >= 15 is 0 Å². The van der Waals surface area contributed by atoms with Crippen LogP contribution in [0.4, 0.5) is 4.79 Å². The molecule has 3 amide bonds. The summed E-state index contributed by atoms with van der Waals surface area (Å²) >= 11 is 0. The van der Waals surface area contributed by atoms with E-state index in [1.165, 1.54) is 32.6 Å². The molecule has 1 aliphatic carbocycles. The number of hydrogen-bond acceptors (Lipinski definition) is 2. The van der Waals surface area contributed by atoms with Crippen molar-refractivity contribution in [2.45, 2.75) is 52.4 Å². The fourth-order valence-electron chi connectivity index (χ4n) is 2.67. The van der Waals surface area contributed by atoms with Crippen molar-refractivity contribution in [1.29, 1.82) is 0 Å². The Kier molecular flexibility index (Phi) is 6.67. The first-order chi connectivity index (χ1) is 9.08. The summed E-state index contributed by atoms with van der Waals surface area (Å²) in [7, 11) is 0. The van der Waals surface area contributed by atoms with Gasteiger partial charge in [0.05, 0.1) is 0 Å². The largest absolute Gasteiger partial charge is 0.356 e. The molecule has 0 saturated heterocycles. The number of urea groups is 1. The number of rotatable bonds is 7. The van der Waals surface area contributed by atoms with Crippen molar-refractivity contribution < 1.29 is 9.59 Å². The lowest BCUT2D eigenvalue weighted by atomic mass is 9.83. The maximum atomic E-state index is 11.6. The molecule has 0 atom stereocenters. The normalized spacial score (nSPS) is 16.9. The molecule has 0 radical (unpaired) electrons. The first kappa shape index (κ1) is 15.8. The second kappa shape index (κ2) is 8.02. The smallest absolute Gasteiger partial charge is 0.314 e. The zero-order valence-electron chi connectivity index (χ0n) is 12.2. The first-order valence-electron chi connectivity index (χ1n) is 7.34. The summed E-state index contributed by atoms with van der Waals surface area (Å²) in [5, 5.41) is 8.50. The average Bonchev–Trinajstić information content (AvgIpc) is 2.85. The molecule has 5 nitrogen and oxygen atoms in total. The molecule has 0 aromatic rings. The molecule has 0 aromatic carbocycles. The standard InChI is InChI=1S/C14H27N3O2/c1-3-14(7-4-5-8-14)11-17-13(19)16-10-6-9-15-12(2)18/h3-11H2,1-2H3,(H,15,18)(H2,16,17,19). The summed E-state index contributed by atoms with van der Waals surface area (Å²) in [5.74, 6) is -0.0319. The van der Waals surface area contributed by atoms with Crippen molar-refractivity contribution in [2.75, 3.05) is 19.6 Å². The third-order valence-corrected chi connectivity index (χ3v) is 4.05. The van der Waals surface area contributed by atoms with Crippen LogP contribution in [0.3, 0.4) is 0 Å². The van der Waals surface area contributed by atoms with Gasteiger partial charge in [-0.1, -0.05) is 19.8 Å². The minimum atomic E-state index is -0.0949. The molecular formula is C14H27N3O2. The SMILES string of the molecule is CCC1(CNC(=O)NCCCNC(C)=O)CCCC1. The molecular weight excluding hydrogens is 242 g/mol. The van der Waals surface area contributed by atoms with E-state index in [2.05, 4.69) is 22.9 Å². The van der Waals surface area contributed by atoms with E-state index in [1.54, 1.807) is 0 Å². The van der Waals surface area contributed by atoms with Crippen molar-refractivity contribution in [2.24, 2.45) is 5.41 Å². The van der Waals surface area contributed by atoms with Crippen molar-refractivity contribution in [3.63, 3.8) is 0 Å². The fraction of sp³-hybridized carbons (Fsp3) is 0.857. The van der Waals surface area contributed by atoms with E-state index in [1.807, 2.05) is 0 Å². The summed E-state index contributed by atoms with van der Waals surface area (Å²) < 4.78 is 0. The van der Waals surface area contributed by atoms with Gasteiger partial charge in [-0.3, -0.25) is 4.79 Å². The lowest BCUT2D eigenvalue weighted by Gasteiger charge is -2.27. The lowest BCUT2D eigenvalue weighted by molar-refractivity contribution is -0.118. The highest BCUT2D eigenvalue weighted by molar-refractivity contribution is 5.74. The van der Waals surface area contributed by atoms with E-state index in [4.69, 9.17) is 0 Å². The van der Waals surface area contributed by atoms with Gasteiger partial charge in [-0.2, -0.15) is 0 Å². The molecule has 0 bridgehead atoms. The van der Waals surface area contributed by atoms with Crippen molar-refractivity contribution in [3.05, 3.63) is 0 Å². The quantitative estimate of drug-likeness (QED) is 0.617. The number of hydrogen-bond donors (Lipinski definition) is 3. The summed E-state index contributed by atoms with van der Waals surface area (Å²) in [4.78, 5) is 22.3. The molecule has 0 heterocycles. The van der Waals surface area contributed by atoms with Gasteiger partial charge in [0.1, 0.15) is 0 Å². The van der Waals surface area contributed by atoms with Crippen molar-refractivity contribution in [1.82, 2.24) is 16.0 Å². The van der Waals surface area contributed by atoms with Gasteiger partial charge in [-0.15, -0.1) is 0 Å². The van der Waals surface area contributed by atoms with Gasteiger partial charge in [0.25, 0.3) is 0 Å². The maximum Gasteiger partial charge on any atom is 0.314 e. The topological polar surface area (TPSA) is 70.2 Å². The Morgan fingerprint density at radius 2 is 1.68 bits per heavy atom. The van der Waals surface area contributed by atoms with Gasteiger partial charge in [-0.05, 0) is 31.1 Å². The molecule has 0 unspecified atom stereocenters. The minimum Gasteiger partial charge on any atom is -0.356 e. The second-order valence-electron chi connectivity index (χ2n) is 5.51. The van der Waals surface area contributed by atoms with Gasteiger partial charge in [-0.25, -0.2) is 4.79 Å². The molecule has 0 spiro atoms. The molecule has 1 aliphatic rings. The molecule has 110 valence electrons. The van der Waals surface area contributed by atoms with Gasteiger partial charge >= 0.3 is 6.03 Å². The van der Waals surface area contributed by atoms with Crippen LogP contribution < -0.4 is 16.0 Å². The van der Waals surface area contributed by atoms with E-state index in [-0.39, 0.29) is 11.9 Å². The molecule has 19 heavy (non-hydrogen) atoms. The minimum absolute atomic E-state index is 0.0319. The van der Waals surface area contributed by atoms with Crippen LogP contribution in [0, 0.1) is 5.41 Å². The predicted octanol–water partition coefficient (Wildman–Crippen LogP) is 1.78. The van der Waals surface area contributed by atoms with Crippen LogP contribution in [0.15, 0.2) is 0 Å². The molecule has 1 saturated carbocycles. The zero-order chi connectivity index (χ0) is 14.1. The average molecular weight is 269 g/mol. The zero-order valence-corrected chi connectivity index (χ0v) is 12.2. The van der Waals surface area contributed by atoms with Crippen LogP contribution in [-0.4, -0.2) is 31.6 Å². The molecule has 1 fully saturated rings. The number of amides is 3. The third-order valence-electron chi connectivity index (χ3n) is 4.05. The van der Waals surface area contributed by atoms with Gasteiger partial charge in [0, 0.05) is 26.6 Å². The monoisotopic (exact) mass is 269 g/mol. The summed E-state index contributed by atoms with van der Waals surface area (Å²) in [6.07, 6.45) is 6.92. The van der Waals surface area contributed by atoms with E-state index in [0.29, 0.717) is 18.5 Å². The molecule has 0 aromatic heterocycles. The molecule has 5 heteroatoms. The van der Waals surface area contributed by atoms with Crippen LogP contribution in [0.5, 0.6) is 0 Å². The van der Waals surface area contributed by atoms with Crippen LogP contribution in [0.25, 0.3) is 0 Å². The van der Waals surface area contributed by atoms with Gasteiger partial charge in [0.2, 0.25) is 5.91 Å². The van der Waals surface area contributed by atoms with Crippen molar-refractivity contribution >= 4 is 11.9 Å². The summed E-state index contributed by atoms with van der Waals surface area (Å²) in [6, 6.07) is -0.0949. The Balaban J connectivity index is 2.09. The summed E-state index contributed by atoms with van der Waals surface area (Å²) in [5.41, 5.74) is 0.327. The Labute approximate surface area is 115 Å². The Morgan fingerprint density at radius 3 is 2.26 bits per heavy atom. The van der Waals surface area contributed by atoms with Crippen LogP contribution in [0.1, 0.15) is 52.4 Å². The first-order valence-corrected chi connectivity index (χ1v) is 7.34. The second-order valence-corrected chi connectivity index (χ2v) is 5.51. The predicted molar refractivity (Wildman–Crippen MR) is 75.9 cm³/mol. The molecule has 1 rings (SSSR count). The highest BCUT2D eigenvalue weighted by Crippen LogP contribution is 2.40. The van der Waals surface area contributed by atoms with Crippen LogP contribution in [-0.2, 0) is 4.79 Å². The van der Waals surface area contributed by atoms with Crippen molar-refractivity contribution in [3.8, 4) is 0 Å².